The number of aliphatic hydroxyl groups is 1. The van der Waals surface area contributed by atoms with E-state index in [1.54, 1.807) is 0 Å². The van der Waals surface area contributed by atoms with Crippen molar-refractivity contribution in [2.45, 2.75) is 37.9 Å². The predicted molar refractivity (Wildman–Crippen MR) is 68.6 cm³/mol. The van der Waals surface area contributed by atoms with Crippen molar-refractivity contribution >= 4 is 0 Å². The van der Waals surface area contributed by atoms with Crippen LogP contribution in [0.5, 0.6) is 5.75 Å². The zero-order valence-corrected chi connectivity index (χ0v) is 10.5. The summed E-state index contributed by atoms with van der Waals surface area (Å²) in [5, 5.41) is 10.3. The van der Waals surface area contributed by atoms with Crippen LogP contribution in [0.4, 0.5) is 0 Å². The summed E-state index contributed by atoms with van der Waals surface area (Å²) in [5.74, 6) is 1.63. The van der Waals surface area contributed by atoms with Gasteiger partial charge in [0, 0.05) is 12.2 Å². The molecule has 0 aromatic heterocycles. The van der Waals surface area contributed by atoms with E-state index in [2.05, 4.69) is 0 Å². The van der Waals surface area contributed by atoms with E-state index in [-0.39, 0.29) is 6.10 Å². The number of hydrogen-bond donors (Lipinski definition) is 1. The third kappa shape index (κ3) is 2.38. The maximum Gasteiger partial charge on any atom is 0.125 e. The molecule has 18 heavy (non-hydrogen) atoms. The minimum atomic E-state index is -0.559. The third-order valence-corrected chi connectivity index (χ3v) is 4.08. The van der Waals surface area contributed by atoms with Gasteiger partial charge in [-0.05, 0) is 18.4 Å². The van der Waals surface area contributed by atoms with Gasteiger partial charge < -0.3 is 14.6 Å². The molecule has 3 nitrogen and oxygen atoms in total. The molecular weight excluding hydrogens is 228 g/mol. The van der Waals surface area contributed by atoms with Crippen LogP contribution in [-0.4, -0.2) is 24.4 Å². The van der Waals surface area contributed by atoms with Crippen molar-refractivity contribution in [1.29, 1.82) is 0 Å². The van der Waals surface area contributed by atoms with Gasteiger partial charge in [-0.1, -0.05) is 37.5 Å². The van der Waals surface area contributed by atoms with Crippen molar-refractivity contribution in [3.8, 4) is 5.75 Å². The fourth-order valence-electron chi connectivity index (χ4n) is 2.63. The second-order valence-electron chi connectivity index (χ2n) is 5.29. The number of hydrogen-bond acceptors (Lipinski definition) is 3. The molecule has 1 aliphatic heterocycles. The molecule has 0 radical (unpaired) electrons. The Morgan fingerprint density at radius 2 is 2.11 bits per heavy atom. The maximum atomic E-state index is 10.3. The van der Waals surface area contributed by atoms with Crippen molar-refractivity contribution in [2.75, 3.05) is 13.2 Å². The third-order valence-electron chi connectivity index (χ3n) is 4.08. The number of para-hydroxylation sites is 1. The molecule has 1 saturated carbocycles. The highest BCUT2D eigenvalue weighted by Gasteiger charge is 2.30. The van der Waals surface area contributed by atoms with Gasteiger partial charge in [0.1, 0.15) is 24.6 Å². The van der Waals surface area contributed by atoms with E-state index in [0.717, 1.165) is 30.3 Å². The van der Waals surface area contributed by atoms with Gasteiger partial charge in [0.2, 0.25) is 0 Å². The molecule has 0 saturated heterocycles. The Kier molecular flexibility index (Phi) is 3.52. The molecule has 1 fully saturated rings. The summed E-state index contributed by atoms with van der Waals surface area (Å²) in [6, 6.07) is 7.63. The lowest BCUT2D eigenvalue weighted by molar-refractivity contribution is -0.0764. The van der Waals surface area contributed by atoms with Gasteiger partial charge in [-0.3, -0.25) is 0 Å². The molecule has 2 aliphatic rings. The van der Waals surface area contributed by atoms with E-state index in [1.807, 2.05) is 24.3 Å². The second kappa shape index (κ2) is 5.29. The van der Waals surface area contributed by atoms with E-state index in [1.165, 1.54) is 19.3 Å². The molecule has 1 heterocycles. The fourth-order valence-corrected chi connectivity index (χ4v) is 2.63. The molecule has 3 rings (SSSR count). The SMILES string of the molecule is OC1c2ccccc2OCC1OCCC1CCC1. The Morgan fingerprint density at radius 3 is 2.89 bits per heavy atom. The lowest BCUT2D eigenvalue weighted by Gasteiger charge is -2.31. The van der Waals surface area contributed by atoms with Crippen LogP contribution in [0, 0.1) is 5.92 Å². The first kappa shape index (κ1) is 12.0. The summed E-state index contributed by atoms with van der Waals surface area (Å²) >= 11 is 0. The zero-order chi connectivity index (χ0) is 12.4. The molecule has 2 atom stereocenters. The van der Waals surface area contributed by atoms with Gasteiger partial charge in [0.25, 0.3) is 0 Å². The van der Waals surface area contributed by atoms with E-state index in [0.29, 0.717) is 6.61 Å². The summed E-state index contributed by atoms with van der Waals surface area (Å²) in [6.07, 6.45) is 4.39. The molecule has 1 aromatic carbocycles. The van der Waals surface area contributed by atoms with Gasteiger partial charge in [0.05, 0.1) is 0 Å². The summed E-state index contributed by atoms with van der Waals surface area (Å²) in [7, 11) is 0. The highest BCUT2D eigenvalue weighted by molar-refractivity contribution is 5.37. The molecule has 2 unspecified atom stereocenters. The van der Waals surface area contributed by atoms with Crippen LogP contribution in [0.2, 0.25) is 0 Å². The predicted octanol–water partition coefficient (Wildman–Crippen LogP) is 2.69. The summed E-state index contributed by atoms with van der Waals surface area (Å²) in [4.78, 5) is 0. The highest BCUT2D eigenvalue weighted by atomic mass is 16.5. The van der Waals surface area contributed by atoms with Crippen LogP contribution < -0.4 is 4.74 Å². The van der Waals surface area contributed by atoms with Crippen LogP contribution >= 0.6 is 0 Å². The Bertz CT molecular complexity index is 400. The molecule has 0 spiro atoms. The van der Waals surface area contributed by atoms with Gasteiger partial charge in [-0.25, -0.2) is 0 Å². The molecule has 1 N–H and O–H groups in total. The lowest BCUT2D eigenvalue weighted by atomic mass is 9.83. The minimum Gasteiger partial charge on any atom is -0.490 e. The molecule has 1 aliphatic carbocycles. The Morgan fingerprint density at radius 1 is 1.28 bits per heavy atom. The van der Waals surface area contributed by atoms with E-state index >= 15 is 0 Å². The molecule has 1 aromatic rings. The molecule has 0 bridgehead atoms. The second-order valence-corrected chi connectivity index (χ2v) is 5.29. The first-order chi connectivity index (χ1) is 8.84. The molecule has 98 valence electrons. The maximum absolute atomic E-state index is 10.3. The van der Waals surface area contributed by atoms with Gasteiger partial charge in [-0.15, -0.1) is 0 Å². The number of ether oxygens (including phenoxy) is 2. The van der Waals surface area contributed by atoms with Crippen LogP contribution in [-0.2, 0) is 4.74 Å². The van der Waals surface area contributed by atoms with Gasteiger partial charge >= 0.3 is 0 Å². The topological polar surface area (TPSA) is 38.7 Å². The molecular formula is C15H20O3. The van der Waals surface area contributed by atoms with Gasteiger partial charge in [-0.2, -0.15) is 0 Å². The Balaban J connectivity index is 1.54. The first-order valence-electron chi connectivity index (χ1n) is 6.86. The molecule has 3 heteroatoms. The average Bonchev–Trinajstić information content (AvgIpc) is 2.35. The van der Waals surface area contributed by atoms with Crippen molar-refractivity contribution in [1.82, 2.24) is 0 Å². The van der Waals surface area contributed by atoms with Crippen molar-refractivity contribution < 1.29 is 14.6 Å². The van der Waals surface area contributed by atoms with Crippen LogP contribution in [0.3, 0.4) is 0 Å². The van der Waals surface area contributed by atoms with Crippen LogP contribution in [0.25, 0.3) is 0 Å². The van der Waals surface area contributed by atoms with E-state index < -0.39 is 6.10 Å². The Hall–Kier alpha value is -1.06. The van der Waals surface area contributed by atoms with Crippen molar-refractivity contribution in [3.05, 3.63) is 29.8 Å². The minimum absolute atomic E-state index is 0.222. The number of fused-ring (bicyclic) bond motifs is 1. The summed E-state index contributed by atoms with van der Waals surface area (Å²) in [6.45, 7) is 1.18. The van der Waals surface area contributed by atoms with Crippen LogP contribution in [0.1, 0.15) is 37.4 Å². The van der Waals surface area contributed by atoms with E-state index in [9.17, 15) is 5.11 Å². The largest absolute Gasteiger partial charge is 0.490 e. The number of benzene rings is 1. The Labute approximate surface area is 108 Å². The monoisotopic (exact) mass is 248 g/mol. The van der Waals surface area contributed by atoms with Crippen molar-refractivity contribution in [2.24, 2.45) is 5.92 Å². The summed E-state index contributed by atoms with van der Waals surface area (Å²) in [5.41, 5.74) is 0.845. The number of rotatable bonds is 4. The van der Waals surface area contributed by atoms with E-state index in [4.69, 9.17) is 9.47 Å². The van der Waals surface area contributed by atoms with Crippen LogP contribution in [0.15, 0.2) is 24.3 Å². The highest BCUT2D eigenvalue weighted by Crippen LogP contribution is 2.34. The zero-order valence-electron chi connectivity index (χ0n) is 10.5. The quantitative estimate of drug-likeness (QED) is 0.890. The first-order valence-corrected chi connectivity index (χ1v) is 6.86. The van der Waals surface area contributed by atoms with Gasteiger partial charge in [0.15, 0.2) is 0 Å². The standard InChI is InChI=1S/C15H20O3/c16-15-12-6-1-2-7-13(12)18-10-14(15)17-9-8-11-4-3-5-11/h1-2,6-7,11,14-16H,3-5,8-10H2. The van der Waals surface area contributed by atoms with Crippen molar-refractivity contribution in [3.63, 3.8) is 0 Å². The molecule has 0 amide bonds. The lowest BCUT2D eigenvalue weighted by Crippen LogP contribution is -2.34. The fraction of sp³-hybridized carbons (Fsp3) is 0.600. The normalized spacial score (nSPS) is 27.2. The average molecular weight is 248 g/mol. The smallest absolute Gasteiger partial charge is 0.125 e. The summed E-state index contributed by atoms with van der Waals surface area (Å²) < 4.78 is 11.4. The number of aliphatic hydroxyl groups excluding tert-OH is 1.